The number of hydrogen-bond acceptors (Lipinski definition) is 3. The number of benzene rings is 1. The van der Waals surface area contributed by atoms with Crippen LogP contribution < -0.4 is 5.32 Å². The van der Waals surface area contributed by atoms with Gasteiger partial charge in [-0.15, -0.1) is 0 Å². The highest BCUT2D eigenvalue weighted by Gasteiger charge is 2.22. The molecule has 0 aliphatic heterocycles. The Kier molecular flexibility index (Phi) is 5.18. The average molecular weight is 420 g/mol. The van der Waals surface area contributed by atoms with Crippen molar-refractivity contribution < 1.29 is 14.7 Å². The molecular weight excluding hydrogens is 409 g/mol. The van der Waals surface area contributed by atoms with Crippen LogP contribution in [0.25, 0.3) is 0 Å². The van der Waals surface area contributed by atoms with E-state index in [-0.39, 0.29) is 6.42 Å². The number of carbonyl (C=O) groups is 2. The molecule has 8 heteroatoms. The molecule has 0 bridgehead atoms. The summed E-state index contributed by atoms with van der Waals surface area (Å²) in [5, 5.41) is 12.1. The third-order valence-corrected chi connectivity index (χ3v) is 4.34. The zero-order chi connectivity index (χ0) is 15.4. The van der Waals surface area contributed by atoms with Gasteiger partial charge in [0, 0.05) is 27.4 Å². The predicted octanol–water partition coefficient (Wildman–Crippen LogP) is 2.09. The molecule has 1 atom stereocenters. The van der Waals surface area contributed by atoms with Crippen LogP contribution in [0.2, 0.25) is 5.02 Å². The van der Waals surface area contributed by atoms with E-state index in [1.807, 2.05) is 22.6 Å². The first-order valence-electron chi connectivity index (χ1n) is 5.93. The number of aromatic nitrogens is 2. The van der Waals surface area contributed by atoms with E-state index in [0.29, 0.717) is 16.3 Å². The lowest BCUT2D eigenvalue weighted by Crippen LogP contribution is -2.42. The highest BCUT2D eigenvalue weighted by Crippen LogP contribution is 2.19. The molecule has 0 unspecified atom stereocenters. The van der Waals surface area contributed by atoms with E-state index in [1.54, 1.807) is 12.1 Å². The Labute approximate surface area is 139 Å². The number of aromatic amines is 1. The summed E-state index contributed by atoms with van der Waals surface area (Å²) in [5.41, 5.74) is 0.944. The van der Waals surface area contributed by atoms with Gasteiger partial charge in [-0.25, -0.2) is 9.78 Å². The van der Waals surface area contributed by atoms with Crippen molar-refractivity contribution in [3.05, 3.63) is 50.6 Å². The summed E-state index contributed by atoms with van der Waals surface area (Å²) in [6, 6.07) is 3.75. The van der Waals surface area contributed by atoms with Crippen molar-refractivity contribution in [3.8, 4) is 0 Å². The molecule has 0 spiro atoms. The Morgan fingerprint density at radius 3 is 2.81 bits per heavy atom. The van der Waals surface area contributed by atoms with Gasteiger partial charge >= 0.3 is 5.97 Å². The zero-order valence-corrected chi connectivity index (χ0v) is 13.6. The summed E-state index contributed by atoms with van der Waals surface area (Å²) in [4.78, 5) is 29.9. The van der Waals surface area contributed by atoms with Crippen LogP contribution in [0.1, 0.15) is 16.1 Å². The van der Waals surface area contributed by atoms with Gasteiger partial charge < -0.3 is 15.4 Å². The summed E-state index contributed by atoms with van der Waals surface area (Å²) in [6.45, 7) is 0. The quantitative estimate of drug-likeness (QED) is 0.647. The minimum Gasteiger partial charge on any atom is -0.480 e. The number of carboxylic acid groups (broad SMARTS) is 1. The van der Waals surface area contributed by atoms with Crippen molar-refractivity contribution in [3.63, 3.8) is 0 Å². The van der Waals surface area contributed by atoms with Crippen molar-refractivity contribution in [2.45, 2.75) is 12.5 Å². The highest BCUT2D eigenvalue weighted by molar-refractivity contribution is 14.1. The Balaban J connectivity index is 2.10. The van der Waals surface area contributed by atoms with Crippen LogP contribution in [-0.4, -0.2) is 33.0 Å². The number of imidazole rings is 1. The molecule has 1 amide bonds. The van der Waals surface area contributed by atoms with Crippen LogP contribution in [0.4, 0.5) is 0 Å². The maximum Gasteiger partial charge on any atom is 0.326 e. The van der Waals surface area contributed by atoms with Gasteiger partial charge in [0.2, 0.25) is 0 Å². The fourth-order valence-electron chi connectivity index (χ4n) is 1.70. The fraction of sp³-hybridized carbons (Fsp3) is 0.154. The third kappa shape index (κ3) is 4.18. The first-order valence-corrected chi connectivity index (χ1v) is 7.39. The normalized spacial score (nSPS) is 11.9. The standard InChI is InChI=1S/C13H11ClIN3O3/c14-9-3-7(1-2-10(9)15)12(19)18-11(13(20)21)4-8-5-16-6-17-8/h1-3,5-6,11H,4H2,(H,16,17)(H,18,19)(H,20,21)/t11-/m1/s1. The van der Waals surface area contributed by atoms with E-state index in [9.17, 15) is 14.7 Å². The van der Waals surface area contributed by atoms with Crippen LogP contribution in [0.3, 0.4) is 0 Å². The zero-order valence-electron chi connectivity index (χ0n) is 10.6. The Hall–Kier alpha value is -1.61. The molecule has 21 heavy (non-hydrogen) atoms. The Bertz CT molecular complexity index is 661. The topological polar surface area (TPSA) is 95.1 Å². The number of nitrogens with zero attached hydrogens (tertiary/aromatic N) is 1. The van der Waals surface area contributed by atoms with Crippen molar-refractivity contribution >= 4 is 46.1 Å². The number of carboxylic acids is 1. The lowest BCUT2D eigenvalue weighted by Gasteiger charge is -2.14. The average Bonchev–Trinajstić information content (AvgIpc) is 2.93. The highest BCUT2D eigenvalue weighted by atomic mass is 127. The van der Waals surface area contributed by atoms with E-state index in [4.69, 9.17) is 11.6 Å². The Morgan fingerprint density at radius 2 is 2.24 bits per heavy atom. The molecule has 0 aliphatic rings. The van der Waals surface area contributed by atoms with E-state index in [1.165, 1.54) is 18.6 Å². The van der Waals surface area contributed by atoms with E-state index >= 15 is 0 Å². The molecule has 0 radical (unpaired) electrons. The van der Waals surface area contributed by atoms with Gasteiger partial charge in [0.05, 0.1) is 11.3 Å². The van der Waals surface area contributed by atoms with Gasteiger partial charge in [-0.1, -0.05) is 11.6 Å². The van der Waals surface area contributed by atoms with Gasteiger partial charge in [-0.2, -0.15) is 0 Å². The van der Waals surface area contributed by atoms with E-state index in [0.717, 1.165) is 3.57 Å². The second kappa shape index (κ2) is 6.90. The van der Waals surface area contributed by atoms with Crippen molar-refractivity contribution in [2.24, 2.45) is 0 Å². The molecule has 0 fully saturated rings. The predicted molar refractivity (Wildman–Crippen MR) is 85.4 cm³/mol. The van der Waals surface area contributed by atoms with Crippen molar-refractivity contribution in [1.82, 2.24) is 15.3 Å². The Morgan fingerprint density at radius 1 is 1.48 bits per heavy atom. The molecule has 1 heterocycles. The van der Waals surface area contributed by atoms with Gasteiger partial charge in [-0.3, -0.25) is 4.79 Å². The molecule has 0 aliphatic carbocycles. The van der Waals surface area contributed by atoms with Crippen LogP contribution in [0.5, 0.6) is 0 Å². The van der Waals surface area contributed by atoms with Crippen molar-refractivity contribution in [2.75, 3.05) is 0 Å². The van der Waals surface area contributed by atoms with Gasteiger partial charge in [0.15, 0.2) is 0 Å². The minimum absolute atomic E-state index is 0.124. The van der Waals surface area contributed by atoms with Crippen LogP contribution in [0.15, 0.2) is 30.7 Å². The molecular formula is C13H11ClIN3O3. The minimum atomic E-state index is -1.12. The lowest BCUT2D eigenvalue weighted by molar-refractivity contribution is -0.139. The smallest absolute Gasteiger partial charge is 0.326 e. The summed E-state index contributed by atoms with van der Waals surface area (Å²) >= 11 is 8.00. The van der Waals surface area contributed by atoms with Crippen molar-refractivity contribution in [1.29, 1.82) is 0 Å². The first-order chi connectivity index (χ1) is 9.97. The molecule has 3 N–H and O–H groups in total. The van der Waals surface area contributed by atoms with Gasteiger partial charge in [0.25, 0.3) is 5.91 Å². The number of amides is 1. The second-order valence-corrected chi connectivity index (χ2v) is 5.84. The number of hydrogen-bond donors (Lipinski definition) is 3. The monoisotopic (exact) mass is 419 g/mol. The SMILES string of the molecule is O=C(N[C@H](Cc1cnc[nH]1)C(=O)O)c1ccc(I)c(Cl)c1. The number of halogens is 2. The molecule has 1 aromatic carbocycles. The van der Waals surface area contributed by atoms with E-state index in [2.05, 4.69) is 15.3 Å². The van der Waals surface area contributed by atoms with Gasteiger partial charge in [0.1, 0.15) is 6.04 Å². The first kappa shape index (κ1) is 15.8. The maximum absolute atomic E-state index is 12.1. The molecule has 1 aromatic heterocycles. The van der Waals surface area contributed by atoms with Gasteiger partial charge in [-0.05, 0) is 40.8 Å². The summed E-state index contributed by atoms with van der Waals surface area (Å²) < 4.78 is 0.818. The number of H-pyrrole nitrogens is 1. The lowest BCUT2D eigenvalue weighted by atomic mass is 10.1. The maximum atomic E-state index is 12.1. The molecule has 2 rings (SSSR count). The number of aliphatic carboxylic acids is 1. The van der Waals surface area contributed by atoms with E-state index < -0.39 is 17.9 Å². The molecule has 2 aromatic rings. The largest absolute Gasteiger partial charge is 0.480 e. The third-order valence-electron chi connectivity index (χ3n) is 2.76. The fourth-order valence-corrected chi connectivity index (χ4v) is 2.21. The molecule has 110 valence electrons. The number of rotatable bonds is 5. The van der Waals surface area contributed by atoms with Crippen LogP contribution in [0, 0.1) is 3.57 Å². The van der Waals surface area contributed by atoms with Crippen LogP contribution >= 0.6 is 34.2 Å². The second-order valence-electron chi connectivity index (χ2n) is 4.27. The molecule has 0 saturated carbocycles. The number of nitrogens with one attached hydrogen (secondary N) is 2. The number of carbonyl (C=O) groups excluding carboxylic acids is 1. The summed E-state index contributed by atoms with van der Waals surface area (Å²) in [7, 11) is 0. The molecule has 0 saturated heterocycles. The van der Waals surface area contributed by atoms with Crippen LogP contribution in [-0.2, 0) is 11.2 Å². The molecule has 6 nitrogen and oxygen atoms in total. The summed E-state index contributed by atoms with van der Waals surface area (Å²) in [5.74, 6) is -1.60. The summed E-state index contributed by atoms with van der Waals surface area (Å²) in [6.07, 6.45) is 3.10.